The number of nitrogens with two attached hydrogens (primary N) is 1. The van der Waals surface area contributed by atoms with Crippen LogP contribution in [0.25, 0.3) is 0 Å². The average molecular weight is 389 g/mol. The Balaban J connectivity index is 2.17. The normalized spacial score (nSPS) is 18.1. The number of carbonyl (C=O) groups is 1. The lowest BCUT2D eigenvalue weighted by Crippen LogP contribution is -2.47. The first kappa shape index (κ1) is 22.1. The topological polar surface area (TPSA) is 80.0 Å². The molecule has 0 saturated carbocycles. The number of rotatable bonds is 6. The highest BCUT2D eigenvalue weighted by molar-refractivity contribution is 5.80. The first-order valence-corrected chi connectivity index (χ1v) is 10.3. The summed E-state index contributed by atoms with van der Waals surface area (Å²) in [7, 11) is 0. The van der Waals surface area contributed by atoms with E-state index < -0.39 is 0 Å². The van der Waals surface area contributed by atoms with Crippen molar-refractivity contribution in [2.24, 2.45) is 16.6 Å². The molecule has 1 amide bonds. The third kappa shape index (κ3) is 7.06. The second kappa shape index (κ2) is 9.80. The van der Waals surface area contributed by atoms with Gasteiger partial charge in [0.05, 0.1) is 6.54 Å². The zero-order valence-corrected chi connectivity index (χ0v) is 18.0. The molecule has 0 aromatic heterocycles. The predicted molar refractivity (Wildman–Crippen MR) is 114 cm³/mol. The lowest BCUT2D eigenvalue weighted by Gasteiger charge is -2.34. The standard InChI is InChI=1S/C22H36N4O2/c1-6-24-21(26-11-7-8-17(15-26)13-20(23)27)25-14-18-10-9-16(2)12-19(18)28-22(3,4)5/h9-10,12,17H,6-8,11,13-15H2,1-5H3,(H2,23,27)(H,24,25). The van der Waals surface area contributed by atoms with Gasteiger partial charge in [-0.3, -0.25) is 4.79 Å². The van der Waals surface area contributed by atoms with Gasteiger partial charge in [0, 0.05) is 31.6 Å². The molecule has 0 radical (unpaired) electrons. The van der Waals surface area contributed by atoms with Gasteiger partial charge >= 0.3 is 0 Å². The number of amides is 1. The minimum absolute atomic E-state index is 0.225. The predicted octanol–water partition coefficient (Wildman–Crippen LogP) is 3.23. The largest absolute Gasteiger partial charge is 0.488 e. The Bertz CT molecular complexity index is 694. The molecule has 1 unspecified atom stereocenters. The molecule has 1 aromatic rings. The monoisotopic (exact) mass is 388 g/mol. The van der Waals surface area contributed by atoms with E-state index >= 15 is 0 Å². The average Bonchev–Trinajstić information content (AvgIpc) is 2.58. The fourth-order valence-corrected chi connectivity index (χ4v) is 3.51. The number of primary amides is 1. The Morgan fingerprint density at radius 1 is 1.39 bits per heavy atom. The Labute approximate surface area is 169 Å². The van der Waals surface area contributed by atoms with Crippen LogP contribution in [0.2, 0.25) is 0 Å². The van der Waals surface area contributed by atoms with Crippen LogP contribution in [0.15, 0.2) is 23.2 Å². The number of benzene rings is 1. The van der Waals surface area contributed by atoms with E-state index in [1.165, 1.54) is 5.56 Å². The number of piperidine rings is 1. The number of hydrogen-bond acceptors (Lipinski definition) is 3. The number of aliphatic imine (C=N–C) groups is 1. The van der Waals surface area contributed by atoms with Gasteiger partial charge in [-0.2, -0.15) is 0 Å². The van der Waals surface area contributed by atoms with Crippen LogP contribution in [-0.2, 0) is 11.3 Å². The number of hydrogen-bond donors (Lipinski definition) is 2. The number of nitrogens with zero attached hydrogens (tertiary/aromatic N) is 2. The SMILES string of the molecule is CCNC(=NCc1ccc(C)cc1OC(C)(C)C)N1CCCC(CC(N)=O)C1. The van der Waals surface area contributed by atoms with Gasteiger partial charge in [-0.1, -0.05) is 12.1 Å². The quantitative estimate of drug-likeness (QED) is 0.579. The highest BCUT2D eigenvalue weighted by Gasteiger charge is 2.23. The summed E-state index contributed by atoms with van der Waals surface area (Å²) < 4.78 is 6.16. The molecule has 0 aliphatic carbocycles. The number of nitrogens with one attached hydrogen (secondary N) is 1. The van der Waals surface area contributed by atoms with Gasteiger partial charge in [0.2, 0.25) is 5.91 Å². The molecule has 0 bridgehead atoms. The first-order chi connectivity index (χ1) is 13.2. The van der Waals surface area contributed by atoms with Gasteiger partial charge in [0.25, 0.3) is 0 Å². The second-order valence-corrected chi connectivity index (χ2v) is 8.62. The van der Waals surface area contributed by atoms with E-state index in [9.17, 15) is 4.79 Å². The third-order valence-electron chi connectivity index (χ3n) is 4.68. The molecule has 6 nitrogen and oxygen atoms in total. The number of ether oxygens (including phenoxy) is 1. The summed E-state index contributed by atoms with van der Waals surface area (Å²) in [5.74, 6) is 1.85. The second-order valence-electron chi connectivity index (χ2n) is 8.62. The Kier molecular flexibility index (Phi) is 7.72. The molecular weight excluding hydrogens is 352 g/mol. The van der Waals surface area contributed by atoms with Crippen LogP contribution in [0, 0.1) is 12.8 Å². The summed E-state index contributed by atoms with van der Waals surface area (Å²) >= 11 is 0. The van der Waals surface area contributed by atoms with Crippen LogP contribution in [0.5, 0.6) is 5.75 Å². The lowest BCUT2D eigenvalue weighted by molar-refractivity contribution is -0.119. The van der Waals surface area contributed by atoms with Crippen LogP contribution in [-0.4, -0.2) is 42.0 Å². The van der Waals surface area contributed by atoms with Crippen molar-refractivity contribution in [1.82, 2.24) is 10.2 Å². The molecule has 1 aliphatic rings. The third-order valence-corrected chi connectivity index (χ3v) is 4.68. The maximum atomic E-state index is 11.3. The van der Waals surface area contributed by atoms with Crippen LogP contribution < -0.4 is 15.8 Å². The molecule has 2 rings (SSSR count). The molecule has 28 heavy (non-hydrogen) atoms. The van der Waals surface area contributed by atoms with E-state index in [-0.39, 0.29) is 11.5 Å². The molecule has 1 aromatic carbocycles. The van der Waals surface area contributed by atoms with E-state index in [1.54, 1.807) is 0 Å². The maximum absolute atomic E-state index is 11.3. The van der Waals surface area contributed by atoms with Crippen molar-refractivity contribution in [3.63, 3.8) is 0 Å². The zero-order valence-electron chi connectivity index (χ0n) is 18.0. The van der Waals surface area contributed by atoms with Gasteiger partial charge in [-0.15, -0.1) is 0 Å². The minimum Gasteiger partial charge on any atom is -0.488 e. The molecule has 3 N–H and O–H groups in total. The highest BCUT2D eigenvalue weighted by Crippen LogP contribution is 2.26. The molecule has 6 heteroatoms. The zero-order chi connectivity index (χ0) is 20.7. The molecule has 0 spiro atoms. The van der Waals surface area contributed by atoms with Gasteiger partial charge in [0.15, 0.2) is 5.96 Å². The van der Waals surface area contributed by atoms with Crippen molar-refractivity contribution in [2.75, 3.05) is 19.6 Å². The molecule has 1 saturated heterocycles. The number of likely N-dealkylation sites (tertiary alicyclic amines) is 1. The van der Waals surface area contributed by atoms with Gasteiger partial charge < -0.3 is 20.7 Å². The summed E-state index contributed by atoms with van der Waals surface area (Å²) in [6, 6.07) is 6.26. The van der Waals surface area contributed by atoms with E-state index in [1.807, 2.05) is 0 Å². The summed E-state index contributed by atoms with van der Waals surface area (Å²) in [6.45, 7) is 13.4. The van der Waals surface area contributed by atoms with Crippen molar-refractivity contribution >= 4 is 11.9 Å². The fraction of sp³-hybridized carbons (Fsp3) is 0.636. The van der Waals surface area contributed by atoms with E-state index in [0.29, 0.717) is 18.9 Å². The van der Waals surface area contributed by atoms with Crippen molar-refractivity contribution in [3.05, 3.63) is 29.3 Å². The first-order valence-electron chi connectivity index (χ1n) is 10.3. The minimum atomic E-state index is -0.258. The van der Waals surface area contributed by atoms with E-state index in [0.717, 1.165) is 49.7 Å². The van der Waals surface area contributed by atoms with Crippen molar-refractivity contribution < 1.29 is 9.53 Å². The number of guanidine groups is 1. The van der Waals surface area contributed by atoms with Crippen molar-refractivity contribution in [1.29, 1.82) is 0 Å². The summed E-state index contributed by atoms with van der Waals surface area (Å²) in [4.78, 5) is 18.4. The van der Waals surface area contributed by atoms with Gasteiger partial charge in [-0.05, 0) is 65.0 Å². The molecule has 156 valence electrons. The molecule has 1 fully saturated rings. The summed E-state index contributed by atoms with van der Waals surface area (Å²) in [6.07, 6.45) is 2.53. The number of carbonyl (C=O) groups excluding carboxylic acids is 1. The number of aryl methyl sites for hydroxylation is 1. The summed E-state index contributed by atoms with van der Waals surface area (Å²) in [5, 5.41) is 3.39. The highest BCUT2D eigenvalue weighted by atomic mass is 16.5. The smallest absolute Gasteiger partial charge is 0.217 e. The fourth-order valence-electron chi connectivity index (χ4n) is 3.51. The van der Waals surface area contributed by atoms with Crippen LogP contribution in [0.1, 0.15) is 58.1 Å². The van der Waals surface area contributed by atoms with Crippen LogP contribution in [0.4, 0.5) is 0 Å². The Morgan fingerprint density at radius 3 is 2.79 bits per heavy atom. The lowest BCUT2D eigenvalue weighted by atomic mass is 9.95. The molecule has 1 heterocycles. The Hall–Kier alpha value is -2.24. The van der Waals surface area contributed by atoms with Crippen LogP contribution >= 0.6 is 0 Å². The van der Waals surface area contributed by atoms with Crippen LogP contribution in [0.3, 0.4) is 0 Å². The van der Waals surface area contributed by atoms with E-state index in [2.05, 4.69) is 63.0 Å². The molecule has 1 aliphatic heterocycles. The molecular formula is C22H36N4O2. The molecule has 1 atom stereocenters. The van der Waals surface area contributed by atoms with Crippen molar-refractivity contribution in [2.45, 2.75) is 66.0 Å². The van der Waals surface area contributed by atoms with Gasteiger partial charge in [0.1, 0.15) is 11.4 Å². The summed E-state index contributed by atoms with van der Waals surface area (Å²) in [5.41, 5.74) is 7.38. The van der Waals surface area contributed by atoms with Gasteiger partial charge in [-0.25, -0.2) is 4.99 Å². The Morgan fingerprint density at radius 2 is 2.14 bits per heavy atom. The van der Waals surface area contributed by atoms with Crippen molar-refractivity contribution in [3.8, 4) is 5.75 Å². The maximum Gasteiger partial charge on any atom is 0.217 e. The van der Waals surface area contributed by atoms with E-state index in [4.69, 9.17) is 15.5 Å².